The maximum Gasteiger partial charge on any atom is 0.0195 e. The van der Waals surface area contributed by atoms with E-state index in [2.05, 4.69) is 17.1 Å². The molecule has 3 nitrogen and oxygen atoms in total. The van der Waals surface area contributed by atoms with Gasteiger partial charge in [0, 0.05) is 37.8 Å². The van der Waals surface area contributed by atoms with Crippen LogP contribution in [0.1, 0.15) is 32.6 Å². The largest absolute Gasteiger partial charge is 0.328 e. The van der Waals surface area contributed by atoms with Gasteiger partial charge in [0.25, 0.3) is 0 Å². The average molecular weight is 197 g/mol. The molecule has 1 heterocycles. The van der Waals surface area contributed by atoms with Gasteiger partial charge in [-0.1, -0.05) is 0 Å². The van der Waals surface area contributed by atoms with Crippen LogP contribution in [0.2, 0.25) is 0 Å². The zero-order valence-corrected chi connectivity index (χ0v) is 9.21. The Balaban J connectivity index is 1.87. The van der Waals surface area contributed by atoms with Crippen molar-refractivity contribution in [2.45, 2.75) is 50.7 Å². The molecule has 1 atom stereocenters. The Morgan fingerprint density at radius 3 is 2.57 bits per heavy atom. The third-order valence-electron chi connectivity index (χ3n) is 3.76. The minimum Gasteiger partial charge on any atom is -0.328 e. The van der Waals surface area contributed by atoms with Crippen molar-refractivity contribution in [1.82, 2.24) is 10.2 Å². The monoisotopic (exact) mass is 197 g/mol. The fourth-order valence-electron chi connectivity index (χ4n) is 2.83. The van der Waals surface area contributed by atoms with E-state index in [1.807, 2.05) is 0 Å². The van der Waals surface area contributed by atoms with E-state index in [4.69, 9.17) is 5.73 Å². The Bertz CT molecular complexity index is 175. The molecule has 0 spiro atoms. The molecule has 1 aliphatic heterocycles. The van der Waals surface area contributed by atoms with Gasteiger partial charge in [-0.2, -0.15) is 0 Å². The second kappa shape index (κ2) is 4.60. The van der Waals surface area contributed by atoms with E-state index < -0.39 is 0 Å². The summed E-state index contributed by atoms with van der Waals surface area (Å²) in [6.07, 6.45) is 5.07. The van der Waals surface area contributed by atoms with Crippen LogP contribution in [0.4, 0.5) is 0 Å². The van der Waals surface area contributed by atoms with Crippen LogP contribution < -0.4 is 11.1 Å². The number of nitrogens with one attached hydrogen (secondary N) is 1. The van der Waals surface area contributed by atoms with E-state index in [1.54, 1.807) is 0 Å². The molecule has 0 aromatic rings. The van der Waals surface area contributed by atoms with E-state index in [0.29, 0.717) is 12.1 Å². The lowest BCUT2D eigenvalue weighted by Gasteiger charge is -2.42. The number of hydrogen-bond acceptors (Lipinski definition) is 3. The number of piperazine rings is 1. The Morgan fingerprint density at radius 2 is 1.93 bits per heavy atom. The molecule has 0 amide bonds. The molecule has 0 radical (unpaired) electrons. The van der Waals surface area contributed by atoms with Gasteiger partial charge in [0.1, 0.15) is 0 Å². The van der Waals surface area contributed by atoms with Crippen LogP contribution in [0, 0.1) is 0 Å². The fourth-order valence-corrected chi connectivity index (χ4v) is 2.83. The molecule has 2 rings (SSSR count). The van der Waals surface area contributed by atoms with Crippen LogP contribution in [-0.2, 0) is 0 Å². The summed E-state index contributed by atoms with van der Waals surface area (Å²) < 4.78 is 0. The third kappa shape index (κ3) is 2.27. The van der Waals surface area contributed by atoms with Gasteiger partial charge in [0.2, 0.25) is 0 Å². The van der Waals surface area contributed by atoms with Crippen molar-refractivity contribution in [3.8, 4) is 0 Å². The summed E-state index contributed by atoms with van der Waals surface area (Å²) >= 11 is 0. The molecule has 1 saturated heterocycles. The first-order valence-electron chi connectivity index (χ1n) is 5.99. The van der Waals surface area contributed by atoms with Gasteiger partial charge in [0.05, 0.1) is 0 Å². The Labute approximate surface area is 87.0 Å². The van der Waals surface area contributed by atoms with Gasteiger partial charge in [-0.25, -0.2) is 0 Å². The van der Waals surface area contributed by atoms with E-state index in [-0.39, 0.29) is 0 Å². The zero-order valence-electron chi connectivity index (χ0n) is 9.21. The van der Waals surface area contributed by atoms with Crippen molar-refractivity contribution < 1.29 is 0 Å². The predicted molar refractivity (Wildman–Crippen MR) is 59.3 cm³/mol. The predicted octanol–water partition coefficient (Wildman–Crippen LogP) is 0.550. The van der Waals surface area contributed by atoms with Crippen LogP contribution in [0.25, 0.3) is 0 Å². The van der Waals surface area contributed by atoms with Gasteiger partial charge >= 0.3 is 0 Å². The van der Waals surface area contributed by atoms with Crippen molar-refractivity contribution in [3.63, 3.8) is 0 Å². The topological polar surface area (TPSA) is 41.3 Å². The number of rotatable bonds is 1. The Morgan fingerprint density at radius 1 is 1.21 bits per heavy atom. The minimum atomic E-state index is 0.476. The highest BCUT2D eigenvalue weighted by atomic mass is 15.2. The number of hydrogen-bond donors (Lipinski definition) is 2. The lowest BCUT2D eigenvalue weighted by atomic mass is 9.89. The number of nitrogens with two attached hydrogens (primary N) is 1. The summed E-state index contributed by atoms with van der Waals surface area (Å²) in [5.74, 6) is 0. The lowest BCUT2D eigenvalue weighted by Crippen LogP contribution is -2.55. The minimum absolute atomic E-state index is 0.476. The molecule has 0 aromatic carbocycles. The van der Waals surface area contributed by atoms with E-state index in [9.17, 15) is 0 Å². The van der Waals surface area contributed by atoms with Crippen LogP contribution in [-0.4, -0.2) is 42.7 Å². The van der Waals surface area contributed by atoms with E-state index in [1.165, 1.54) is 32.2 Å². The molecule has 3 N–H and O–H groups in total. The quantitative estimate of drug-likeness (QED) is 0.645. The molecule has 14 heavy (non-hydrogen) atoms. The van der Waals surface area contributed by atoms with Crippen molar-refractivity contribution in [2.24, 2.45) is 5.73 Å². The SMILES string of the molecule is CC1CNCCN1C1CCC(N)CC1. The van der Waals surface area contributed by atoms with Crippen LogP contribution in [0.5, 0.6) is 0 Å². The second-order valence-corrected chi connectivity index (χ2v) is 4.86. The first-order valence-corrected chi connectivity index (χ1v) is 5.99. The van der Waals surface area contributed by atoms with Gasteiger partial charge in [-0.3, -0.25) is 4.90 Å². The molecule has 3 heteroatoms. The first kappa shape index (κ1) is 10.4. The highest BCUT2D eigenvalue weighted by Gasteiger charge is 2.28. The molecule has 1 unspecified atom stereocenters. The van der Waals surface area contributed by atoms with Crippen molar-refractivity contribution in [2.75, 3.05) is 19.6 Å². The van der Waals surface area contributed by atoms with Gasteiger partial charge in [0.15, 0.2) is 0 Å². The van der Waals surface area contributed by atoms with Crippen LogP contribution in [0.3, 0.4) is 0 Å². The van der Waals surface area contributed by atoms with Crippen molar-refractivity contribution in [3.05, 3.63) is 0 Å². The lowest BCUT2D eigenvalue weighted by molar-refractivity contribution is 0.0877. The summed E-state index contributed by atoms with van der Waals surface area (Å²) in [7, 11) is 0. The maximum atomic E-state index is 5.93. The molecule has 0 aromatic heterocycles. The number of nitrogens with zero attached hydrogens (tertiary/aromatic N) is 1. The molecular formula is C11H23N3. The van der Waals surface area contributed by atoms with Gasteiger partial charge < -0.3 is 11.1 Å². The highest BCUT2D eigenvalue weighted by molar-refractivity contribution is 4.86. The van der Waals surface area contributed by atoms with Gasteiger partial charge in [-0.15, -0.1) is 0 Å². The molecule has 0 bridgehead atoms. The zero-order chi connectivity index (χ0) is 9.97. The first-order chi connectivity index (χ1) is 6.77. The maximum absolute atomic E-state index is 5.93. The summed E-state index contributed by atoms with van der Waals surface area (Å²) in [5, 5.41) is 3.45. The van der Waals surface area contributed by atoms with Crippen LogP contribution in [0.15, 0.2) is 0 Å². The summed E-state index contributed by atoms with van der Waals surface area (Å²) in [5.41, 5.74) is 5.93. The Hall–Kier alpha value is -0.120. The van der Waals surface area contributed by atoms with E-state index in [0.717, 1.165) is 19.1 Å². The van der Waals surface area contributed by atoms with Crippen molar-refractivity contribution >= 4 is 0 Å². The smallest absolute Gasteiger partial charge is 0.0195 e. The van der Waals surface area contributed by atoms with E-state index >= 15 is 0 Å². The summed E-state index contributed by atoms with van der Waals surface area (Å²) in [6, 6.07) is 2.00. The van der Waals surface area contributed by atoms with Crippen molar-refractivity contribution in [1.29, 1.82) is 0 Å². The summed E-state index contributed by atoms with van der Waals surface area (Å²) in [4.78, 5) is 2.68. The molecule has 2 fully saturated rings. The average Bonchev–Trinajstić information content (AvgIpc) is 2.20. The van der Waals surface area contributed by atoms with Gasteiger partial charge in [-0.05, 0) is 32.6 Å². The normalized spacial score (nSPS) is 41.1. The third-order valence-corrected chi connectivity index (χ3v) is 3.76. The molecule has 1 aliphatic carbocycles. The molecular weight excluding hydrogens is 174 g/mol. The second-order valence-electron chi connectivity index (χ2n) is 4.86. The standard InChI is InChI=1S/C11H23N3/c1-9-8-13-6-7-14(9)11-4-2-10(12)3-5-11/h9-11,13H,2-8,12H2,1H3. The molecule has 1 saturated carbocycles. The van der Waals surface area contributed by atoms with Crippen LogP contribution >= 0.6 is 0 Å². The highest BCUT2D eigenvalue weighted by Crippen LogP contribution is 2.24. The Kier molecular flexibility index (Phi) is 3.42. The summed E-state index contributed by atoms with van der Waals surface area (Å²) in [6.45, 7) is 5.87. The molecule has 82 valence electrons. The fraction of sp³-hybridized carbons (Fsp3) is 1.00. The molecule has 2 aliphatic rings.